The minimum Gasteiger partial charge on any atom is -0.358 e. The second-order valence-corrected chi connectivity index (χ2v) is 8.82. The third-order valence-corrected chi connectivity index (χ3v) is 6.14. The fourth-order valence-electron chi connectivity index (χ4n) is 4.28. The largest absolute Gasteiger partial charge is 0.358 e. The van der Waals surface area contributed by atoms with E-state index in [4.69, 9.17) is 9.97 Å². The van der Waals surface area contributed by atoms with E-state index in [0.717, 1.165) is 64.2 Å². The topological polar surface area (TPSA) is 121 Å². The van der Waals surface area contributed by atoms with Gasteiger partial charge in [0, 0.05) is 35.4 Å². The molecule has 9 nitrogen and oxygen atoms in total. The second kappa shape index (κ2) is 9.62. The Morgan fingerprint density at radius 3 is 2.78 bits per heavy atom. The van der Waals surface area contributed by atoms with Crippen molar-refractivity contribution in [1.82, 2.24) is 40.1 Å². The monoisotopic (exact) mass is 487 g/mol. The first-order valence-electron chi connectivity index (χ1n) is 12.2. The minimum absolute atomic E-state index is 0.586. The van der Waals surface area contributed by atoms with Crippen LogP contribution in [0.2, 0.25) is 0 Å². The number of fused-ring (bicyclic) bond motifs is 2. The van der Waals surface area contributed by atoms with Crippen molar-refractivity contribution in [3.8, 4) is 34.0 Å². The van der Waals surface area contributed by atoms with Crippen LogP contribution in [0.15, 0.2) is 79.5 Å². The molecule has 0 aromatic carbocycles. The molecule has 3 N–H and O–H groups in total. The Hall–Kier alpha value is -4.92. The average Bonchev–Trinajstić information content (AvgIpc) is 3.56. The number of H-pyrrole nitrogens is 2. The summed E-state index contributed by atoms with van der Waals surface area (Å²) in [6.45, 7) is 6.30. The first-order chi connectivity index (χ1) is 18.2. The third kappa shape index (κ3) is 4.42. The molecule has 0 aliphatic rings. The van der Waals surface area contributed by atoms with Crippen molar-refractivity contribution in [3.05, 3.63) is 79.5 Å². The normalized spacial score (nSPS) is 11.3. The van der Waals surface area contributed by atoms with Crippen molar-refractivity contribution in [2.75, 3.05) is 5.32 Å². The highest BCUT2D eigenvalue weighted by molar-refractivity contribution is 5.94. The molecule has 0 aliphatic carbocycles. The Balaban J connectivity index is 1.37. The van der Waals surface area contributed by atoms with Gasteiger partial charge in [-0.05, 0) is 49.2 Å². The molecule has 0 amide bonds. The number of unbranched alkanes of at least 4 members (excludes halogenated alkanes) is 1. The van der Waals surface area contributed by atoms with Gasteiger partial charge in [-0.2, -0.15) is 5.10 Å². The van der Waals surface area contributed by atoms with E-state index in [0.29, 0.717) is 22.7 Å². The van der Waals surface area contributed by atoms with E-state index >= 15 is 0 Å². The molecule has 0 fully saturated rings. The molecule has 6 rings (SSSR count). The number of aromatic nitrogens is 8. The highest BCUT2D eigenvalue weighted by Gasteiger charge is 2.18. The molecule has 0 saturated carbocycles. The first kappa shape index (κ1) is 22.5. The number of imidazole rings is 1. The molecule has 182 valence electrons. The van der Waals surface area contributed by atoms with E-state index in [2.05, 4.69) is 49.0 Å². The lowest BCUT2D eigenvalue weighted by molar-refractivity contribution is 0.791. The van der Waals surface area contributed by atoms with Crippen LogP contribution in [0.3, 0.4) is 0 Å². The Morgan fingerprint density at radius 1 is 0.973 bits per heavy atom. The molecule has 0 atom stereocenters. The molecule has 0 unspecified atom stereocenters. The molecular weight excluding hydrogens is 462 g/mol. The minimum atomic E-state index is 0.586. The molecule has 0 radical (unpaired) electrons. The lowest BCUT2D eigenvalue weighted by Gasteiger charge is -2.10. The van der Waals surface area contributed by atoms with Gasteiger partial charge in [0.15, 0.2) is 17.2 Å². The maximum absolute atomic E-state index is 4.93. The number of nitrogens with zero attached hydrogens (tertiary/aromatic N) is 6. The van der Waals surface area contributed by atoms with Gasteiger partial charge < -0.3 is 10.3 Å². The molecule has 6 aromatic rings. The van der Waals surface area contributed by atoms with Gasteiger partial charge >= 0.3 is 0 Å². The molecule has 0 spiro atoms. The number of aromatic amines is 2. The smallest absolute Gasteiger partial charge is 0.162 e. The summed E-state index contributed by atoms with van der Waals surface area (Å²) in [6, 6.07) is 13.7. The Kier molecular flexibility index (Phi) is 5.86. The van der Waals surface area contributed by atoms with Crippen molar-refractivity contribution < 1.29 is 0 Å². The molecule has 6 aromatic heterocycles. The number of anilines is 1. The van der Waals surface area contributed by atoms with Gasteiger partial charge in [0.25, 0.3) is 0 Å². The number of hydrogen-bond acceptors (Lipinski definition) is 7. The number of nitrogens with one attached hydrogen (secondary N) is 3. The summed E-state index contributed by atoms with van der Waals surface area (Å²) in [4.78, 5) is 26.4. The van der Waals surface area contributed by atoms with Gasteiger partial charge in [0.05, 0.1) is 28.8 Å². The fourth-order valence-corrected chi connectivity index (χ4v) is 4.28. The maximum Gasteiger partial charge on any atom is 0.162 e. The van der Waals surface area contributed by atoms with Crippen LogP contribution in [-0.4, -0.2) is 40.1 Å². The average molecular weight is 488 g/mol. The van der Waals surface area contributed by atoms with Crippen molar-refractivity contribution >= 4 is 27.9 Å². The van der Waals surface area contributed by atoms with Crippen molar-refractivity contribution in [2.24, 2.45) is 0 Å². The summed E-state index contributed by atoms with van der Waals surface area (Å²) < 4.78 is 0. The van der Waals surface area contributed by atoms with E-state index in [1.54, 1.807) is 24.8 Å². The maximum atomic E-state index is 4.93. The Morgan fingerprint density at radius 2 is 1.92 bits per heavy atom. The third-order valence-electron chi connectivity index (χ3n) is 6.14. The lowest BCUT2D eigenvalue weighted by Crippen LogP contribution is -1.99. The standard InChI is InChI=1S/C28H25N9/c1-3-4-7-17(2)32-19-14-18(15-29-16-19)21-9-10-23-25(33-21)26(37-36-23)28-34-24-20(11-13-31-27(24)35-28)22-8-5-6-12-30-22/h5-6,8-16,32H,2-4,7H2,1H3,(H,36,37)(H,31,34,35). The van der Waals surface area contributed by atoms with E-state index in [1.165, 1.54) is 0 Å². The van der Waals surface area contributed by atoms with Crippen LogP contribution in [0.25, 0.3) is 56.2 Å². The van der Waals surface area contributed by atoms with Crippen molar-refractivity contribution in [2.45, 2.75) is 26.2 Å². The summed E-state index contributed by atoms with van der Waals surface area (Å²) in [6.07, 6.45) is 10.3. The van der Waals surface area contributed by atoms with Crippen molar-refractivity contribution in [3.63, 3.8) is 0 Å². The summed E-state index contributed by atoms with van der Waals surface area (Å²) in [5.41, 5.74) is 8.82. The molecular formula is C28H25N9. The highest BCUT2D eigenvalue weighted by atomic mass is 15.2. The summed E-state index contributed by atoms with van der Waals surface area (Å²) in [7, 11) is 0. The SMILES string of the molecule is C=C(CCCC)Nc1cncc(-c2ccc3[nH]nc(-c4nc5c(-c6ccccn6)ccnc5[nH]4)c3n2)c1. The van der Waals surface area contributed by atoms with Crippen molar-refractivity contribution in [1.29, 1.82) is 0 Å². The van der Waals surface area contributed by atoms with Crippen LogP contribution in [0.1, 0.15) is 26.2 Å². The fraction of sp³-hybridized carbons (Fsp3) is 0.143. The van der Waals surface area contributed by atoms with E-state index < -0.39 is 0 Å². The van der Waals surface area contributed by atoms with Crippen LogP contribution in [-0.2, 0) is 0 Å². The van der Waals surface area contributed by atoms with Crippen LogP contribution in [0, 0.1) is 0 Å². The predicted octanol–water partition coefficient (Wildman–Crippen LogP) is 6.14. The highest BCUT2D eigenvalue weighted by Crippen LogP contribution is 2.30. The van der Waals surface area contributed by atoms with Crippen LogP contribution in [0.5, 0.6) is 0 Å². The van der Waals surface area contributed by atoms with Gasteiger partial charge in [0.1, 0.15) is 11.0 Å². The zero-order valence-corrected chi connectivity index (χ0v) is 20.4. The predicted molar refractivity (Wildman–Crippen MR) is 146 cm³/mol. The van der Waals surface area contributed by atoms with Crippen LogP contribution in [0.4, 0.5) is 5.69 Å². The summed E-state index contributed by atoms with van der Waals surface area (Å²) in [5.74, 6) is 0.586. The van der Waals surface area contributed by atoms with Gasteiger partial charge in [-0.15, -0.1) is 0 Å². The van der Waals surface area contributed by atoms with Crippen LogP contribution < -0.4 is 5.32 Å². The number of allylic oxidation sites excluding steroid dienone is 1. The molecule has 0 bridgehead atoms. The zero-order valence-electron chi connectivity index (χ0n) is 20.4. The van der Waals surface area contributed by atoms with Gasteiger partial charge in [-0.3, -0.25) is 15.1 Å². The molecule has 37 heavy (non-hydrogen) atoms. The summed E-state index contributed by atoms with van der Waals surface area (Å²) in [5, 5.41) is 10.9. The molecule has 0 saturated heterocycles. The quantitative estimate of drug-likeness (QED) is 0.236. The number of hydrogen-bond donors (Lipinski definition) is 3. The van der Waals surface area contributed by atoms with Gasteiger partial charge in [0.2, 0.25) is 0 Å². The second-order valence-electron chi connectivity index (χ2n) is 8.82. The molecule has 6 heterocycles. The van der Waals surface area contributed by atoms with E-state index in [1.807, 2.05) is 42.5 Å². The van der Waals surface area contributed by atoms with E-state index in [9.17, 15) is 0 Å². The summed E-state index contributed by atoms with van der Waals surface area (Å²) >= 11 is 0. The Labute approximate surface area is 213 Å². The Bertz CT molecular complexity index is 1720. The molecule has 9 heteroatoms. The molecule has 0 aliphatic heterocycles. The zero-order chi connectivity index (χ0) is 25.2. The first-order valence-corrected chi connectivity index (χ1v) is 12.2. The van der Waals surface area contributed by atoms with Gasteiger partial charge in [-0.25, -0.2) is 15.0 Å². The van der Waals surface area contributed by atoms with Crippen LogP contribution >= 0.6 is 0 Å². The number of rotatable bonds is 8. The van der Waals surface area contributed by atoms with Gasteiger partial charge in [-0.1, -0.05) is 26.0 Å². The number of pyridine rings is 4. The lowest BCUT2D eigenvalue weighted by atomic mass is 10.1. The van der Waals surface area contributed by atoms with E-state index in [-0.39, 0.29) is 0 Å².